The molecular formula is C55H69ClFN7O6S4. The Bertz CT molecular complexity index is 3270. The van der Waals surface area contributed by atoms with Gasteiger partial charge in [0.2, 0.25) is 0 Å². The number of sulfonamides is 1. The number of nitrogens with zero attached hydrogens (tertiary/aromatic N) is 5. The molecule has 5 aromatic rings. The van der Waals surface area contributed by atoms with Crippen LogP contribution in [0.15, 0.2) is 123 Å². The first-order chi connectivity index (χ1) is 35.0. The van der Waals surface area contributed by atoms with E-state index in [-0.39, 0.29) is 37.3 Å². The van der Waals surface area contributed by atoms with Crippen molar-refractivity contribution in [3.05, 3.63) is 125 Å². The minimum Gasteiger partial charge on any atom is -0.381 e. The Balaban J connectivity index is 0.952. The van der Waals surface area contributed by atoms with E-state index < -0.39 is 35.5 Å². The first kappa shape index (κ1) is 55.3. The van der Waals surface area contributed by atoms with E-state index in [1.165, 1.54) is 30.5 Å². The molecule has 2 saturated heterocycles. The van der Waals surface area contributed by atoms with Crippen LogP contribution >= 0.6 is 22.1 Å². The number of rotatable bonds is 19. The molecule has 2 atom stereocenters. The van der Waals surface area contributed by atoms with Crippen LogP contribution in [0.25, 0.3) is 22.4 Å². The maximum Gasteiger partial charge on any atom is 0.261 e. The summed E-state index contributed by atoms with van der Waals surface area (Å²) in [5, 5.41) is 8.48. The quantitative estimate of drug-likeness (QED) is 0.0763. The lowest BCUT2D eigenvalue weighted by molar-refractivity contribution is 0.107. The summed E-state index contributed by atoms with van der Waals surface area (Å²) in [4.78, 5) is 9.10. The molecule has 0 bridgehead atoms. The van der Waals surface area contributed by atoms with Gasteiger partial charge >= 0.3 is 0 Å². The first-order valence-electron chi connectivity index (χ1n) is 25.1. The second-order valence-corrected chi connectivity index (χ2v) is 28.0. The lowest BCUT2D eigenvalue weighted by Crippen LogP contribution is -2.49. The molecule has 13 nitrogen and oxygen atoms in total. The van der Waals surface area contributed by atoms with Gasteiger partial charge in [0.15, 0.2) is 19.7 Å². The zero-order chi connectivity index (χ0) is 53.1. The van der Waals surface area contributed by atoms with Gasteiger partial charge in [0.25, 0.3) is 10.0 Å². The molecule has 8 rings (SSSR count). The van der Waals surface area contributed by atoms with Crippen molar-refractivity contribution in [3.8, 4) is 22.4 Å². The average molecular weight is 1110 g/mol. The second-order valence-electron chi connectivity index (χ2n) is 20.0. The van der Waals surface area contributed by atoms with Crippen molar-refractivity contribution in [1.82, 2.24) is 14.4 Å². The van der Waals surface area contributed by atoms with Crippen LogP contribution in [0.3, 0.4) is 0 Å². The largest absolute Gasteiger partial charge is 0.381 e. The van der Waals surface area contributed by atoms with Crippen molar-refractivity contribution in [2.45, 2.75) is 80.3 Å². The van der Waals surface area contributed by atoms with Gasteiger partial charge in [-0.1, -0.05) is 42.0 Å². The van der Waals surface area contributed by atoms with Crippen molar-refractivity contribution in [1.29, 1.82) is 0 Å². The standard InChI is InChI=1S/C55H69ClFN7O6S4/c1-39(2)61-26-24-60(25-27-61)23-21-46(22-34-71-32-9-8-10-33-71)58-51-20-19-50(38-52(51)72(6,65)66)74(69,70)59-47-15-17-48(18-16-47)62-28-30-63(31-29-62)49-36-43(35-45(57)37-49)53-54(42-11-13-44(56)14-12-42)64(40(3)4)41(5)55(53)73(7,67)68/h8-20,32-33,35-40,46,58-59H,21-31,34H2,1-7H3/t46-/m1/s1. The number of nitrogens with one attached hydrogen (secondary N) is 2. The molecule has 2 N–H and O–H groups in total. The number of sulfone groups is 2. The second kappa shape index (κ2) is 23.1. The highest BCUT2D eigenvalue weighted by molar-refractivity contribution is 8.17. The van der Waals surface area contributed by atoms with E-state index in [1.54, 1.807) is 37.3 Å². The molecule has 74 heavy (non-hydrogen) atoms. The Morgan fingerprint density at radius 2 is 1.35 bits per heavy atom. The molecule has 0 radical (unpaired) electrons. The molecule has 0 amide bonds. The van der Waals surface area contributed by atoms with Gasteiger partial charge in [-0.3, -0.25) is 9.62 Å². The Morgan fingerprint density at radius 3 is 1.95 bits per heavy atom. The summed E-state index contributed by atoms with van der Waals surface area (Å²) >= 11 is 6.27. The number of piperazine rings is 2. The highest BCUT2D eigenvalue weighted by Crippen LogP contribution is 2.45. The van der Waals surface area contributed by atoms with Crippen molar-refractivity contribution in [2.24, 2.45) is 0 Å². The highest BCUT2D eigenvalue weighted by atomic mass is 35.5. The molecule has 1 aromatic heterocycles. The third-order valence-electron chi connectivity index (χ3n) is 14.1. The van der Waals surface area contributed by atoms with E-state index in [2.05, 4.69) is 66.4 Å². The summed E-state index contributed by atoms with van der Waals surface area (Å²) in [7, 11) is -11.8. The molecule has 0 saturated carbocycles. The van der Waals surface area contributed by atoms with Crippen LogP contribution < -0.4 is 19.8 Å². The first-order valence-corrected chi connectivity index (χ1v) is 32.3. The number of benzene rings is 4. The van der Waals surface area contributed by atoms with Gasteiger partial charge in [0.05, 0.1) is 26.1 Å². The van der Waals surface area contributed by atoms with E-state index in [9.17, 15) is 25.3 Å². The molecule has 398 valence electrons. The van der Waals surface area contributed by atoms with Gasteiger partial charge in [-0.25, -0.2) is 29.6 Å². The Kier molecular flexibility index (Phi) is 17.3. The van der Waals surface area contributed by atoms with E-state index in [4.69, 9.17) is 11.6 Å². The Hall–Kier alpha value is -4.95. The Morgan fingerprint density at radius 1 is 0.689 bits per heavy atom. The summed E-state index contributed by atoms with van der Waals surface area (Å²) in [6, 6.07) is 23.6. The Labute approximate surface area is 445 Å². The maximum atomic E-state index is 15.8. The fourth-order valence-electron chi connectivity index (χ4n) is 10.3. The van der Waals surface area contributed by atoms with Crippen LogP contribution in [-0.2, 0) is 29.7 Å². The summed E-state index contributed by atoms with van der Waals surface area (Å²) in [5.41, 5.74) is 5.08. The monoisotopic (exact) mass is 1110 g/mol. The normalized spacial score (nSPS) is 17.5. The summed E-state index contributed by atoms with van der Waals surface area (Å²) in [6.45, 7) is 17.3. The van der Waals surface area contributed by atoms with Crippen molar-refractivity contribution in [2.75, 3.05) is 97.0 Å². The zero-order valence-corrected chi connectivity index (χ0v) is 47.3. The van der Waals surface area contributed by atoms with Gasteiger partial charge in [-0.15, -0.1) is 0 Å². The van der Waals surface area contributed by atoms with Crippen molar-refractivity contribution >= 4 is 79.9 Å². The SMILES string of the molecule is Cc1c(S(C)(=O)=O)c(-c2cc(F)cc(N3CCN(c4ccc(NS(=O)(=O)c5ccc(N[C@H](CCN6CCN(C(C)C)CC6)CCS6=CC=CC=C6)c(S(C)(=O)=O)c5)cc4)CC3)c2)c(-c2ccc(Cl)cc2)n1C(C)C. The highest BCUT2D eigenvalue weighted by Gasteiger charge is 2.31. The molecule has 2 fully saturated rings. The lowest BCUT2D eigenvalue weighted by Gasteiger charge is -2.37. The molecule has 4 aromatic carbocycles. The molecule has 4 heterocycles. The molecule has 0 aliphatic carbocycles. The van der Waals surface area contributed by atoms with Crippen LogP contribution in [0, 0.1) is 12.7 Å². The predicted molar refractivity (Wildman–Crippen MR) is 306 cm³/mol. The maximum absolute atomic E-state index is 15.8. The van der Waals surface area contributed by atoms with Crippen molar-refractivity contribution in [3.63, 3.8) is 0 Å². The fourth-order valence-corrected chi connectivity index (χ4v) is 15.2. The zero-order valence-electron chi connectivity index (χ0n) is 43.3. The predicted octanol–water partition coefficient (Wildman–Crippen LogP) is 10.2. The molecule has 3 aliphatic heterocycles. The number of halogens is 2. The summed E-state index contributed by atoms with van der Waals surface area (Å²) in [5.74, 6) is 0.421. The van der Waals surface area contributed by atoms with Crippen LogP contribution in [0.4, 0.5) is 27.1 Å². The number of hydrogen-bond donors (Lipinski definition) is 2. The van der Waals surface area contributed by atoms with Gasteiger partial charge < -0.3 is 24.6 Å². The van der Waals surface area contributed by atoms with Gasteiger partial charge in [-0.2, -0.15) is 10.5 Å². The summed E-state index contributed by atoms with van der Waals surface area (Å²) < 4.78 is 102. The topological polar surface area (TPSA) is 144 Å². The third kappa shape index (κ3) is 13.2. The smallest absolute Gasteiger partial charge is 0.261 e. The fraction of sp³-hybridized carbons (Fsp3) is 0.400. The van der Waals surface area contributed by atoms with Gasteiger partial charge in [0, 0.05) is 123 Å². The van der Waals surface area contributed by atoms with Crippen LogP contribution in [0.1, 0.15) is 52.3 Å². The van der Waals surface area contributed by atoms with E-state index in [0.717, 1.165) is 68.8 Å². The summed E-state index contributed by atoms with van der Waals surface area (Å²) in [6.07, 6.45) is 10.0. The number of allylic oxidation sites excluding steroid dienone is 3. The van der Waals surface area contributed by atoms with Crippen molar-refractivity contribution < 1.29 is 29.6 Å². The van der Waals surface area contributed by atoms with E-state index >= 15 is 4.39 Å². The van der Waals surface area contributed by atoms with Crippen LogP contribution in [0.5, 0.6) is 0 Å². The van der Waals surface area contributed by atoms with E-state index in [1.807, 2.05) is 54.8 Å². The number of hydrogen-bond acceptors (Lipinski definition) is 11. The lowest BCUT2D eigenvalue weighted by atomic mass is 9.99. The molecule has 19 heteroatoms. The van der Waals surface area contributed by atoms with E-state index in [0.29, 0.717) is 76.8 Å². The third-order valence-corrected chi connectivity index (χ3v) is 19.8. The molecule has 1 unspecified atom stereocenters. The minimum absolute atomic E-state index is 0.0203. The molecular weight excluding hydrogens is 1040 g/mol. The van der Waals surface area contributed by atoms with Gasteiger partial charge in [-0.05, 0) is 148 Å². The number of aromatic nitrogens is 1. The molecule has 3 aliphatic rings. The molecule has 0 spiro atoms. The van der Waals surface area contributed by atoms with Crippen LogP contribution in [-0.4, -0.2) is 134 Å². The average Bonchev–Trinajstić information content (AvgIpc) is 3.69. The van der Waals surface area contributed by atoms with Gasteiger partial charge in [0.1, 0.15) is 5.82 Å². The number of anilines is 4. The van der Waals surface area contributed by atoms with Crippen LogP contribution in [0.2, 0.25) is 5.02 Å². The minimum atomic E-state index is -4.20.